The molecular weight excluding hydrogens is 484 g/mol. The zero-order valence-electron chi connectivity index (χ0n) is 20.9. The van der Waals surface area contributed by atoms with Crippen molar-refractivity contribution in [1.82, 2.24) is 0 Å². The van der Waals surface area contributed by atoms with E-state index >= 15 is 0 Å². The van der Waals surface area contributed by atoms with Gasteiger partial charge in [0.25, 0.3) is 0 Å². The number of rotatable bonds is 4. The quantitative estimate of drug-likeness (QED) is 0.345. The van der Waals surface area contributed by atoms with Gasteiger partial charge in [-0.3, -0.25) is 0 Å². The fourth-order valence-electron chi connectivity index (χ4n) is 7.00. The summed E-state index contributed by atoms with van der Waals surface area (Å²) >= 11 is 1.63. The zero-order chi connectivity index (χ0) is 21.6. The van der Waals surface area contributed by atoms with Gasteiger partial charge in [-0.25, -0.2) is 0 Å². The van der Waals surface area contributed by atoms with Crippen LogP contribution in [0.2, 0.25) is 0 Å². The first-order valence-electron chi connectivity index (χ1n) is 10.5. The average Bonchev–Trinajstić information content (AvgIpc) is 2.48. The Kier molecular flexibility index (Phi) is 5.49. The third-order valence-corrected chi connectivity index (χ3v) is 14.3. The first kappa shape index (κ1) is 24.6. The van der Waals surface area contributed by atoms with E-state index in [9.17, 15) is 0 Å². The monoisotopic (exact) mass is 532 g/mol. The third-order valence-electron chi connectivity index (χ3n) is 12.4. The van der Waals surface area contributed by atoms with Gasteiger partial charge in [-0.05, 0) is 0 Å². The van der Waals surface area contributed by atoms with Crippen LogP contribution in [0.5, 0.6) is 0 Å². The number of hydrogen-bond acceptors (Lipinski definition) is 0. The summed E-state index contributed by atoms with van der Waals surface area (Å²) in [6.07, 6.45) is 0. The Labute approximate surface area is 177 Å². The van der Waals surface area contributed by atoms with Crippen molar-refractivity contribution in [3.05, 3.63) is 0 Å². The minimum atomic E-state index is 0.151. The van der Waals surface area contributed by atoms with E-state index in [0.29, 0.717) is 0 Å². The van der Waals surface area contributed by atoms with E-state index in [1.807, 2.05) is 0 Å². The van der Waals surface area contributed by atoms with Gasteiger partial charge in [-0.15, -0.1) is 0 Å². The fourth-order valence-corrected chi connectivity index (χ4v) is 7.92. The van der Waals surface area contributed by atoms with Gasteiger partial charge in [-0.2, -0.15) is 0 Å². The number of hydrogen-bond donors (Lipinski definition) is 0. The van der Waals surface area contributed by atoms with E-state index in [2.05, 4.69) is 111 Å². The van der Waals surface area contributed by atoms with Crippen LogP contribution in [0.1, 0.15) is 111 Å². The Morgan fingerprint density at radius 3 is 1.08 bits per heavy atom. The molecule has 0 amide bonds. The average molecular weight is 532 g/mol. The van der Waals surface area contributed by atoms with Gasteiger partial charge >= 0.3 is 177 Å². The van der Waals surface area contributed by atoms with Crippen LogP contribution in [0.15, 0.2) is 0 Å². The summed E-state index contributed by atoms with van der Waals surface area (Å²) in [5.41, 5.74) is 1.60. The molecule has 0 atom stereocenters. The summed E-state index contributed by atoms with van der Waals surface area (Å²) < 4.78 is 1.62. The van der Waals surface area contributed by atoms with Crippen molar-refractivity contribution in [2.45, 2.75) is 111 Å². The van der Waals surface area contributed by atoms with Crippen LogP contribution in [0.25, 0.3) is 0 Å². The van der Waals surface area contributed by atoms with Crippen LogP contribution in [0.3, 0.4) is 0 Å². The topological polar surface area (TPSA) is 0 Å². The molecular formula is C25H48W. The molecule has 1 saturated carbocycles. The summed E-state index contributed by atoms with van der Waals surface area (Å²) in [5.74, 6) is 0. The van der Waals surface area contributed by atoms with Gasteiger partial charge < -0.3 is 0 Å². The zero-order valence-corrected chi connectivity index (χ0v) is 23.8. The Morgan fingerprint density at radius 1 is 0.577 bits per heavy atom. The van der Waals surface area contributed by atoms with Gasteiger partial charge in [0.2, 0.25) is 0 Å². The maximum atomic E-state index is 2.62. The van der Waals surface area contributed by atoms with E-state index in [-0.39, 0.29) is 43.3 Å². The van der Waals surface area contributed by atoms with Crippen LogP contribution in [0.4, 0.5) is 0 Å². The van der Waals surface area contributed by atoms with Crippen molar-refractivity contribution >= 4 is 3.90 Å². The van der Waals surface area contributed by atoms with Crippen molar-refractivity contribution in [2.75, 3.05) is 0 Å². The predicted octanol–water partition coefficient (Wildman–Crippen LogP) is 7.93. The van der Waals surface area contributed by atoms with Gasteiger partial charge in [0, 0.05) is 0 Å². The molecule has 0 bridgehead atoms. The van der Waals surface area contributed by atoms with Crippen LogP contribution in [0, 0.1) is 43.3 Å². The van der Waals surface area contributed by atoms with Crippen LogP contribution in [-0.2, 0) is 19.4 Å². The summed E-state index contributed by atoms with van der Waals surface area (Å²) in [6, 6.07) is 0. The summed E-state index contributed by atoms with van der Waals surface area (Å²) in [6.45, 7) is 40.5. The summed E-state index contributed by atoms with van der Waals surface area (Å²) in [7, 11) is 0. The van der Waals surface area contributed by atoms with Gasteiger partial charge in [0.15, 0.2) is 0 Å². The maximum absolute atomic E-state index is 2.62. The third kappa shape index (κ3) is 2.21. The minimum absolute atomic E-state index is 0.151. The van der Waals surface area contributed by atoms with Crippen molar-refractivity contribution < 1.29 is 19.4 Å². The molecule has 0 unspecified atom stereocenters. The fraction of sp³-hybridized carbons (Fsp3) is 0.960. The second kappa shape index (κ2) is 5.80. The van der Waals surface area contributed by atoms with Crippen molar-refractivity contribution in [2.24, 2.45) is 43.3 Å². The molecule has 1 aliphatic rings. The van der Waals surface area contributed by atoms with Crippen LogP contribution >= 0.6 is 0 Å². The Bertz CT molecular complexity index is 568. The van der Waals surface area contributed by atoms with Crippen LogP contribution in [-0.4, -0.2) is 3.90 Å². The molecule has 0 radical (unpaired) electrons. The SMILES string of the molecule is C[C](=[W])C(C)(C)C(C)(C)C(C)(C)C1(C)C(C)(C)C(C)(C)C(C)(C)C1(C)C. The Hall–Kier alpha value is 0.558. The molecule has 0 spiro atoms. The van der Waals surface area contributed by atoms with E-state index in [4.69, 9.17) is 0 Å². The molecule has 0 heterocycles. The molecule has 1 fully saturated rings. The first-order valence-corrected chi connectivity index (χ1v) is 11.9. The summed E-state index contributed by atoms with van der Waals surface area (Å²) in [5, 5.41) is 0. The molecule has 0 N–H and O–H groups in total. The predicted molar refractivity (Wildman–Crippen MR) is 115 cm³/mol. The van der Waals surface area contributed by atoms with Crippen LogP contribution < -0.4 is 0 Å². The first-order chi connectivity index (χ1) is 10.9. The van der Waals surface area contributed by atoms with E-state index < -0.39 is 0 Å². The van der Waals surface area contributed by atoms with Crippen molar-refractivity contribution in [3.63, 3.8) is 0 Å². The normalized spacial score (nSPS) is 26.6. The van der Waals surface area contributed by atoms with Crippen molar-refractivity contribution in [1.29, 1.82) is 0 Å². The molecule has 154 valence electrons. The van der Waals surface area contributed by atoms with Gasteiger partial charge in [0.1, 0.15) is 0 Å². The summed E-state index contributed by atoms with van der Waals surface area (Å²) in [4.78, 5) is 0. The molecule has 0 aromatic carbocycles. The Balaban J connectivity index is 3.95. The van der Waals surface area contributed by atoms with Gasteiger partial charge in [0.05, 0.1) is 0 Å². The molecule has 0 aromatic heterocycles. The van der Waals surface area contributed by atoms with Gasteiger partial charge in [-0.1, -0.05) is 0 Å². The molecule has 0 aliphatic heterocycles. The molecule has 1 heteroatoms. The van der Waals surface area contributed by atoms with E-state index in [1.54, 1.807) is 23.3 Å². The second-order valence-electron chi connectivity index (χ2n) is 13.1. The standard InChI is InChI=1S/C25H48.W/c1-17-18(2,3)19(4,5)22(10,11)25(16)23(12,13)20(6,7)21(8,9)24(25,14)15;/h1-16H3;. The molecule has 26 heavy (non-hydrogen) atoms. The molecule has 1 rings (SSSR count). The van der Waals surface area contributed by atoms with E-state index in [0.717, 1.165) is 0 Å². The molecule has 0 nitrogen and oxygen atoms in total. The van der Waals surface area contributed by atoms with Crippen molar-refractivity contribution in [3.8, 4) is 0 Å². The van der Waals surface area contributed by atoms with E-state index in [1.165, 1.54) is 0 Å². The molecule has 1 aliphatic carbocycles. The second-order valence-corrected chi connectivity index (χ2v) is 15.3. The molecule has 0 saturated heterocycles. The Morgan fingerprint density at radius 2 is 0.846 bits per heavy atom. The molecule has 0 aromatic rings.